The molecular formula is C9H13ClN2OS. The maximum Gasteiger partial charge on any atom is 0.241 e. The Labute approximate surface area is 92.5 Å². The molecule has 78 valence electrons. The normalized spacial score (nSPS) is 11.4. The number of carbonyl (C=O) groups excluding carboxylic acids is 1. The van der Waals surface area contributed by atoms with E-state index in [-0.39, 0.29) is 17.2 Å². The lowest BCUT2D eigenvalue weighted by atomic mass is 9.93. The van der Waals surface area contributed by atoms with E-state index < -0.39 is 0 Å². The summed E-state index contributed by atoms with van der Waals surface area (Å²) in [5.74, 6) is -0.258. The fraction of sp³-hybridized carbons (Fsp3) is 0.556. The Morgan fingerprint density at radius 2 is 2.29 bits per heavy atom. The fourth-order valence-corrected chi connectivity index (χ4v) is 1.85. The zero-order valence-corrected chi connectivity index (χ0v) is 10.00. The quantitative estimate of drug-likeness (QED) is 0.797. The molecule has 0 atom stereocenters. The number of anilines is 1. The largest absolute Gasteiger partial charge is 0.301 e. The second kappa shape index (κ2) is 4.28. The third-order valence-corrected chi connectivity index (χ3v) is 2.64. The van der Waals surface area contributed by atoms with Crippen LogP contribution in [0.15, 0.2) is 5.38 Å². The van der Waals surface area contributed by atoms with Crippen LogP contribution in [0.5, 0.6) is 0 Å². The number of hydrogen-bond donors (Lipinski definition) is 1. The first-order valence-corrected chi connectivity index (χ1v) is 5.66. The predicted octanol–water partition coefficient (Wildman–Crippen LogP) is 2.62. The summed E-state index contributed by atoms with van der Waals surface area (Å²) in [5, 5.41) is 5.18. The Morgan fingerprint density at radius 1 is 1.64 bits per heavy atom. The number of halogens is 1. The maximum atomic E-state index is 11.0. The smallest absolute Gasteiger partial charge is 0.241 e. The van der Waals surface area contributed by atoms with Gasteiger partial charge in [0.15, 0.2) is 5.13 Å². The topological polar surface area (TPSA) is 42.0 Å². The maximum absolute atomic E-state index is 11.0. The lowest BCUT2D eigenvalue weighted by Gasteiger charge is -2.14. The van der Waals surface area contributed by atoms with Gasteiger partial charge in [-0.25, -0.2) is 4.98 Å². The van der Waals surface area contributed by atoms with Crippen LogP contribution in [0, 0.1) is 0 Å². The standard InChI is InChI=1S/C9H13ClN2OS/c1-9(2,3)6-5-14-8(11-6)12-7(13)4-10/h5H,4H2,1-3H3,(H,11,12,13). The number of aromatic nitrogens is 1. The highest BCUT2D eigenvalue weighted by Gasteiger charge is 2.17. The number of hydrogen-bond acceptors (Lipinski definition) is 3. The van der Waals surface area contributed by atoms with Crippen molar-refractivity contribution in [3.8, 4) is 0 Å². The van der Waals surface area contributed by atoms with Crippen LogP contribution >= 0.6 is 22.9 Å². The molecule has 0 aliphatic heterocycles. The number of rotatable bonds is 2. The van der Waals surface area contributed by atoms with E-state index in [4.69, 9.17) is 11.6 Å². The Bertz CT molecular complexity index is 330. The summed E-state index contributed by atoms with van der Waals surface area (Å²) in [4.78, 5) is 15.3. The first kappa shape index (κ1) is 11.5. The summed E-state index contributed by atoms with van der Waals surface area (Å²) in [6.07, 6.45) is 0. The van der Waals surface area contributed by atoms with Crippen molar-refractivity contribution in [2.24, 2.45) is 0 Å². The van der Waals surface area contributed by atoms with E-state index in [1.807, 2.05) is 5.38 Å². The molecule has 0 bridgehead atoms. The highest BCUT2D eigenvalue weighted by molar-refractivity contribution is 7.14. The summed E-state index contributed by atoms with van der Waals surface area (Å²) in [6, 6.07) is 0. The van der Waals surface area contributed by atoms with E-state index >= 15 is 0 Å². The number of nitrogens with one attached hydrogen (secondary N) is 1. The van der Waals surface area contributed by atoms with Crippen LogP contribution in [0.25, 0.3) is 0 Å². The van der Waals surface area contributed by atoms with Crippen molar-refractivity contribution in [3.05, 3.63) is 11.1 Å². The highest BCUT2D eigenvalue weighted by atomic mass is 35.5. The number of nitrogens with zero attached hydrogens (tertiary/aromatic N) is 1. The fourth-order valence-electron chi connectivity index (χ4n) is 0.828. The minimum Gasteiger partial charge on any atom is -0.301 e. The second-order valence-corrected chi connectivity index (χ2v) is 5.10. The highest BCUT2D eigenvalue weighted by Crippen LogP contribution is 2.26. The van der Waals surface area contributed by atoms with E-state index in [1.165, 1.54) is 11.3 Å². The summed E-state index contributed by atoms with van der Waals surface area (Å²) in [7, 11) is 0. The molecule has 0 spiro atoms. The molecule has 0 aliphatic rings. The zero-order chi connectivity index (χ0) is 10.8. The van der Waals surface area contributed by atoms with Crippen molar-refractivity contribution in [1.29, 1.82) is 0 Å². The average Bonchev–Trinajstić information content (AvgIpc) is 2.51. The lowest BCUT2D eigenvalue weighted by Crippen LogP contribution is -2.14. The third-order valence-electron chi connectivity index (χ3n) is 1.64. The molecule has 5 heteroatoms. The van der Waals surface area contributed by atoms with Gasteiger partial charge in [0.05, 0.1) is 5.69 Å². The van der Waals surface area contributed by atoms with Gasteiger partial charge < -0.3 is 5.32 Å². The summed E-state index contributed by atoms with van der Waals surface area (Å²) < 4.78 is 0. The van der Waals surface area contributed by atoms with E-state index in [9.17, 15) is 4.79 Å². The van der Waals surface area contributed by atoms with Crippen LogP contribution < -0.4 is 5.32 Å². The van der Waals surface area contributed by atoms with Gasteiger partial charge in [-0.3, -0.25) is 4.79 Å². The molecule has 1 aromatic rings. The van der Waals surface area contributed by atoms with Crippen molar-refractivity contribution in [3.63, 3.8) is 0 Å². The molecule has 3 nitrogen and oxygen atoms in total. The van der Waals surface area contributed by atoms with Gasteiger partial charge in [-0.05, 0) is 0 Å². The summed E-state index contributed by atoms with van der Waals surface area (Å²) >= 11 is 6.78. The predicted molar refractivity (Wildman–Crippen MR) is 60.2 cm³/mol. The molecular weight excluding hydrogens is 220 g/mol. The van der Waals surface area contributed by atoms with Crippen LogP contribution in [-0.4, -0.2) is 16.8 Å². The number of amides is 1. The van der Waals surface area contributed by atoms with E-state index in [0.29, 0.717) is 5.13 Å². The minimum atomic E-state index is -0.221. The average molecular weight is 233 g/mol. The first-order chi connectivity index (χ1) is 6.43. The van der Waals surface area contributed by atoms with Crippen molar-refractivity contribution < 1.29 is 4.79 Å². The third kappa shape index (κ3) is 2.96. The van der Waals surface area contributed by atoms with Gasteiger partial charge in [-0.2, -0.15) is 0 Å². The summed E-state index contributed by atoms with van der Waals surface area (Å²) in [6.45, 7) is 6.24. The molecule has 0 radical (unpaired) electrons. The van der Waals surface area contributed by atoms with Gasteiger partial charge in [0, 0.05) is 10.8 Å². The Morgan fingerprint density at radius 3 is 2.71 bits per heavy atom. The van der Waals surface area contributed by atoms with E-state index in [0.717, 1.165) is 5.69 Å². The molecule has 1 amide bonds. The van der Waals surface area contributed by atoms with Gasteiger partial charge in [-0.1, -0.05) is 20.8 Å². The molecule has 14 heavy (non-hydrogen) atoms. The molecule has 0 aromatic carbocycles. The van der Waals surface area contributed by atoms with Crippen LogP contribution in [0.2, 0.25) is 0 Å². The molecule has 0 saturated heterocycles. The molecule has 0 fully saturated rings. The van der Waals surface area contributed by atoms with Crippen LogP contribution in [0.4, 0.5) is 5.13 Å². The van der Waals surface area contributed by atoms with Gasteiger partial charge in [0.2, 0.25) is 5.91 Å². The molecule has 1 N–H and O–H groups in total. The van der Waals surface area contributed by atoms with Crippen molar-refractivity contribution in [2.45, 2.75) is 26.2 Å². The minimum absolute atomic E-state index is 0.0143. The lowest BCUT2D eigenvalue weighted by molar-refractivity contribution is -0.113. The Balaban J connectivity index is 2.74. The van der Waals surface area contributed by atoms with Crippen molar-refractivity contribution in [1.82, 2.24) is 4.98 Å². The van der Waals surface area contributed by atoms with Gasteiger partial charge in [0.25, 0.3) is 0 Å². The Hall–Kier alpha value is -0.610. The molecule has 1 heterocycles. The van der Waals surface area contributed by atoms with Gasteiger partial charge in [-0.15, -0.1) is 22.9 Å². The summed E-state index contributed by atoms with van der Waals surface area (Å²) in [5.41, 5.74) is 0.993. The number of carbonyl (C=O) groups is 1. The number of thiazole rings is 1. The van der Waals surface area contributed by atoms with Crippen molar-refractivity contribution in [2.75, 3.05) is 11.2 Å². The van der Waals surface area contributed by atoms with Crippen LogP contribution in [-0.2, 0) is 10.2 Å². The van der Waals surface area contributed by atoms with Crippen LogP contribution in [0.1, 0.15) is 26.5 Å². The second-order valence-electron chi connectivity index (χ2n) is 3.97. The Kier molecular flexibility index (Phi) is 3.50. The molecule has 1 rings (SSSR count). The molecule has 0 aliphatic carbocycles. The SMILES string of the molecule is CC(C)(C)c1csc(NC(=O)CCl)n1. The van der Waals surface area contributed by atoms with Crippen LogP contribution in [0.3, 0.4) is 0 Å². The van der Waals surface area contributed by atoms with E-state index in [2.05, 4.69) is 31.1 Å². The van der Waals surface area contributed by atoms with E-state index in [1.54, 1.807) is 0 Å². The zero-order valence-electron chi connectivity index (χ0n) is 8.43. The molecule has 0 saturated carbocycles. The van der Waals surface area contributed by atoms with Gasteiger partial charge >= 0.3 is 0 Å². The van der Waals surface area contributed by atoms with Crippen molar-refractivity contribution >= 4 is 34.0 Å². The molecule has 0 unspecified atom stereocenters. The van der Waals surface area contributed by atoms with Gasteiger partial charge in [0.1, 0.15) is 5.88 Å². The number of alkyl halides is 1. The first-order valence-electron chi connectivity index (χ1n) is 4.25. The monoisotopic (exact) mass is 232 g/mol. The molecule has 1 aromatic heterocycles.